The molecule has 1 aliphatic heterocycles. The maximum atomic E-state index is 6.01. The lowest BCUT2D eigenvalue weighted by molar-refractivity contribution is 0.264. The summed E-state index contributed by atoms with van der Waals surface area (Å²) in [6.45, 7) is 0.533. The van der Waals surface area contributed by atoms with Gasteiger partial charge in [-0.3, -0.25) is 0 Å². The highest BCUT2D eigenvalue weighted by Crippen LogP contribution is 2.38. The fourth-order valence-electron chi connectivity index (χ4n) is 2.49. The summed E-state index contributed by atoms with van der Waals surface area (Å²) in [4.78, 5) is 0. The molecule has 0 saturated carbocycles. The molecule has 0 amide bonds. The average Bonchev–Trinajstić information content (AvgIpc) is 2.53. The minimum atomic E-state index is -0.0127. The molecule has 1 aliphatic rings. The van der Waals surface area contributed by atoms with Gasteiger partial charge in [0, 0.05) is 17.7 Å². The summed E-state index contributed by atoms with van der Waals surface area (Å²) in [5, 5.41) is 7.97. The van der Waals surface area contributed by atoms with Crippen molar-refractivity contribution in [2.45, 2.75) is 12.5 Å². The van der Waals surface area contributed by atoms with Crippen molar-refractivity contribution in [3.05, 3.63) is 29.8 Å². The number of fused-ring (bicyclic) bond motifs is 1. The average molecular weight is 304 g/mol. The molecule has 0 saturated heterocycles. The van der Waals surface area contributed by atoms with Crippen LogP contribution in [0.1, 0.15) is 5.56 Å². The van der Waals surface area contributed by atoms with Crippen LogP contribution in [0.2, 0.25) is 0 Å². The Bertz CT molecular complexity index is 663. The van der Waals surface area contributed by atoms with Gasteiger partial charge in [0.2, 0.25) is 11.8 Å². The van der Waals surface area contributed by atoms with E-state index in [2.05, 4.69) is 10.2 Å². The van der Waals surface area contributed by atoms with Crippen LogP contribution in [-0.4, -0.2) is 37.1 Å². The minimum absolute atomic E-state index is 0. The van der Waals surface area contributed by atoms with Crippen molar-refractivity contribution >= 4 is 0 Å². The van der Waals surface area contributed by atoms with Gasteiger partial charge >= 0.3 is 0 Å². The first-order valence-corrected chi connectivity index (χ1v) is 6.69. The van der Waals surface area contributed by atoms with Crippen LogP contribution in [0.3, 0.4) is 0 Å². The highest BCUT2D eigenvalue weighted by molar-refractivity contribution is 5.75. The van der Waals surface area contributed by atoms with Crippen molar-refractivity contribution in [1.29, 1.82) is 0 Å². The van der Waals surface area contributed by atoms with Crippen molar-refractivity contribution in [3.8, 4) is 28.6 Å². The molecule has 1 atom stereocenters. The van der Waals surface area contributed by atoms with E-state index < -0.39 is 0 Å². The highest BCUT2D eigenvalue weighted by atomic mass is 16.5. The van der Waals surface area contributed by atoms with Gasteiger partial charge in [0.15, 0.2) is 0 Å². The Morgan fingerprint density at radius 2 is 2.00 bits per heavy atom. The number of hydrogen-bond acceptors (Lipinski definition) is 7. The first kappa shape index (κ1) is 16.0. The van der Waals surface area contributed by atoms with E-state index in [9.17, 15) is 0 Å². The number of aromatic nitrogens is 2. The molecule has 1 aromatic heterocycles. The standard InChI is InChI=1S/C15H17N3O3.H3N/c1-19-14-7-12(15(20-2)18-17-14)10-4-3-5-13-11(10)6-9(16)8-21-13;/h3-5,7,9H,6,8,16H2,1-2H3;1H3/t9-;/m0./s1. The van der Waals surface area contributed by atoms with Gasteiger partial charge in [-0.15, -0.1) is 10.2 Å². The van der Waals surface area contributed by atoms with Crippen molar-refractivity contribution in [1.82, 2.24) is 16.3 Å². The molecule has 3 rings (SSSR count). The first-order valence-electron chi connectivity index (χ1n) is 6.69. The molecule has 0 spiro atoms. The largest absolute Gasteiger partial charge is 0.492 e. The molecule has 2 aromatic rings. The molecule has 22 heavy (non-hydrogen) atoms. The Hall–Kier alpha value is -2.38. The van der Waals surface area contributed by atoms with E-state index in [1.807, 2.05) is 24.3 Å². The summed E-state index contributed by atoms with van der Waals surface area (Å²) in [7, 11) is 3.12. The quantitative estimate of drug-likeness (QED) is 0.884. The van der Waals surface area contributed by atoms with Crippen LogP contribution in [0.5, 0.6) is 17.5 Å². The van der Waals surface area contributed by atoms with Gasteiger partial charge in [-0.2, -0.15) is 0 Å². The van der Waals surface area contributed by atoms with Crippen LogP contribution in [0.15, 0.2) is 24.3 Å². The molecular formula is C15H20N4O3. The van der Waals surface area contributed by atoms with Gasteiger partial charge in [-0.05, 0) is 18.1 Å². The van der Waals surface area contributed by atoms with Gasteiger partial charge in [-0.1, -0.05) is 12.1 Å². The molecule has 0 unspecified atom stereocenters. The van der Waals surface area contributed by atoms with Gasteiger partial charge in [0.1, 0.15) is 12.4 Å². The number of nitrogens with two attached hydrogens (primary N) is 1. The van der Waals surface area contributed by atoms with Crippen molar-refractivity contribution in [2.24, 2.45) is 5.73 Å². The van der Waals surface area contributed by atoms with Crippen molar-refractivity contribution in [3.63, 3.8) is 0 Å². The second-order valence-corrected chi connectivity index (χ2v) is 4.87. The summed E-state index contributed by atoms with van der Waals surface area (Å²) >= 11 is 0. The lowest BCUT2D eigenvalue weighted by Gasteiger charge is -2.25. The predicted octanol–water partition coefficient (Wildman–Crippen LogP) is 1.58. The van der Waals surface area contributed by atoms with E-state index in [0.29, 0.717) is 18.4 Å². The predicted molar refractivity (Wildman–Crippen MR) is 82.8 cm³/mol. The van der Waals surface area contributed by atoms with E-state index in [4.69, 9.17) is 19.9 Å². The van der Waals surface area contributed by atoms with Crippen LogP contribution in [0.4, 0.5) is 0 Å². The monoisotopic (exact) mass is 304 g/mol. The molecule has 7 nitrogen and oxygen atoms in total. The SMILES string of the molecule is COc1cc(-c2cccc3c2C[C@H](N)CO3)c(OC)nn1.N. The summed E-state index contributed by atoms with van der Waals surface area (Å²) in [6, 6.07) is 7.68. The Morgan fingerprint density at radius 1 is 1.18 bits per heavy atom. The Labute approximate surface area is 129 Å². The molecular weight excluding hydrogens is 284 g/mol. The van der Waals surface area contributed by atoms with Crippen molar-refractivity contribution < 1.29 is 14.2 Å². The molecule has 2 heterocycles. The summed E-state index contributed by atoms with van der Waals surface area (Å²) in [5.74, 6) is 1.74. The maximum absolute atomic E-state index is 6.01. The number of rotatable bonds is 3. The zero-order valence-corrected chi connectivity index (χ0v) is 12.7. The molecule has 5 N–H and O–H groups in total. The molecule has 0 fully saturated rings. The van der Waals surface area contributed by atoms with Crippen LogP contribution < -0.4 is 26.1 Å². The van der Waals surface area contributed by atoms with E-state index in [0.717, 1.165) is 28.9 Å². The van der Waals surface area contributed by atoms with Crippen LogP contribution >= 0.6 is 0 Å². The number of benzene rings is 1. The van der Waals surface area contributed by atoms with E-state index in [1.165, 1.54) is 0 Å². The Kier molecular flexibility index (Phi) is 4.79. The lowest BCUT2D eigenvalue weighted by atomic mass is 9.94. The zero-order chi connectivity index (χ0) is 14.8. The zero-order valence-electron chi connectivity index (χ0n) is 12.7. The smallest absolute Gasteiger partial charge is 0.241 e. The number of nitrogens with zero attached hydrogens (tertiary/aromatic N) is 2. The van der Waals surface area contributed by atoms with E-state index in [1.54, 1.807) is 14.2 Å². The summed E-state index contributed by atoms with van der Waals surface area (Å²) < 4.78 is 16.2. The molecule has 0 aliphatic carbocycles. The normalized spacial score (nSPS) is 16.0. The Balaban J connectivity index is 0.00000176. The van der Waals surface area contributed by atoms with Crippen LogP contribution in [0.25, 0.3) is 11.1 Å². The second-order valence-electron chi connectivity index (χ2n) is 4.87. The van der Waals surface area contributed by atoms with E-state index >= 15 is 0 Å². The molecule has 0 radical (unpaired) electrons. The number of hydrogen-bond donors (Lipinski definition) is 2. The topological polar surface area (TPSA) is 114 Å². The molecule has 7 heteroatoms. The minimum Gasteiger partial charge on any atom is -0.492 e. The third-order valence-corrected chi connectivity index (χ3v) is 3.48. The molecule has 118 valence electrons. The fraction of sp³-hybridized carbons (Fsp3) is 0.333. The van der Waals surface area contributed by atoms with Crippen LogP contribution in [0, 0.1) is 0 Å². The van der Waals surface area contributed by atoms with Gasteiger partial charge in [0.25, 0.3) is 0 Å². The number of methoxy groups -OCH3 is 2. The molecule has 1 aromatic carbocycles. The fourth-order valence-corrected chi connectivity index (χ4v) is 2.49. The van der Waals surface area contributed by atoms with Crippen LogP contribution in [-0.2, 0) is 6.42 Å². The number of ether oxygens (including phenoxy) is 3. The third kappa shape index (κ3) is 2.81. The lowest BCUT2D eigenvalue weighted by Crippen LogP contribution is -2.34. The third-order valence-electron chi connectivity index (χ3n) is 3.48. The second kappa shape index (κ2) is 6.59. The van der Waals surface area contributed by atoms with Gasteiger partial charge in [-0.25, -0.2) is 0 Å². The van der Waals surface area contributed by atoms with Gasteiger partial charge < -0.3 is 26.1 Å². The summed E-state index contributed by atoms with van der Waals surface area (Å²) in [5.41, 5.74) is 8.87. The maximum Gasteiger partial charge on any atom is 0.241 e. The van der Waals surface area contributed by atoms with E-state index in [-0.39, 0.29) is 12.2 Å². The van der Waals surface area contributed by atoms with Crippen molar-refractivity contribution in [2.75, 3.05) is 20.8 Å². The first-order chi connectivity index (χ1) is 10.2. The summed E-state index contributed by atoms with van der Waals surface area (Å²) in [6.07, 6.45) is 0.749. The highest BCUT2D eigenvalue weighted by Gasteiger charge is 2.22. The van der Waals surface area contributed by atoms with Gasteiger partial charge in [0.05, 0.1) is 19.8 Å². The Morgan fingerprint density at radius 3 is 2.73 bits per heavy atom. The molecule has 0 bridgehead atoms.